The lowest BCUT2D eigenvalue weighted by molar-refractivity contribution is 1.02. The predicted octanol–water partition coefficient (Wildman–Crippen LogP) is 11.2. The van der Waals surface area contributed by atoms with E-state index in [0.29, 0.717) is 5.95 Å². The number of hydrogen-bond acceptors (Lipinski definition) is 2. The third-order valence-electron chi connectivity index (χ3n) is 10.0. The largest absolute Gasteiger partial charge is 0.308 e. The van der Waals surface area contributed by atoms with E-state index in [1.807, 2.05) is 6.07 Å². The molecule has 0 aliphatic carbocycles. The topological polar surface area (TPSA) is 35.1 Å². The minimum absolute atomic E-state index is 0.674. The lowest BCUT2D eigenvalue weighted by atomic mass is 10.0. The van der Waals surface area contributed by atoms with Gasteiger partial charge in [0.2, 0.25) is 5.95 Å². The van der Waals surface area contributed by atoms with Gasteiger partial charge in [-0.3, -0.25) is 4.57 Å². The highest BCUT2D eigenvalue weighted by Gasteiger charge is 2.25. The van der Waals surface area contributed by atoms with Gasteiger partial charge in [-0.2, -0.15) is 0 Å². The molecule has 0 amide bonds. The Kier molecular flexibility index (Phi) is 5.08. The molecule has 0 fully saturated rings. The summed E-state index contributed by atoms with van der Waals surface area (Å²) in [6.07, 6.45) is 0. The summed E-state index contributed by atoms with van der Waals surface area (Å²) in [6.45, 7) is 0. The van der Waals surface area contributed by atoms with Crippen LogP contribution in [0.3, 0.4) is 0 Å². The van der Waals surface area contributed by atoms with Crippen LogP contribution in [-0.4, -0.2) is 18.9 Å². The normalized spacial score (nSPS) is 12.2. The van der Waals surface area contributed by atoms with Gasteiger partial charge in [-0.05, 0) is 41.5 Å². The van der Waals surface area contributed by atoms with Crippen LogP contribution < -0.4 is 0 Å². The van der Waals surface area contributed by atoms with Crippen LogP contribution in [-0.2, 0) is 0 Å². The van der Waals surface area contributed by atoms with Crippen LogP contribution in [0.2, 0.25) is 0 Å². The van der Waals surface area contributed by atoms with Gasteiger partial charge in [0.05, 0.1) is 38.8 Å². The molecule has 4 heteroatoms. The zero-order valence-electron chi connectivity index (χ0n) is 25.8. The fraction of sp³-hybridized carbons (Fsp3) is 0. The van der Waals surface area contributed by atoms with Crippen molar-refractivity contribution in [1.82, 2.24) is 18.9 Å². The number of benzene rings is 7. The van der Waals surface area contributed by atoms with E-state index in [1.54, 1.807) is 0 Å². The first-order valence-corrected chi connectivity index (χ1v) is 16.4. The van der Waals surface area contributed by atoms with E-state index in [0.717, 1.165) is 33.2 Å². The van der Waals surface area contributed by atoms with E-state index < -0.39 is 0 Å². The van der Waals surface area contributed by atoms with Crippen LogP contribution in [0.5, 0.6) is 0 Å². The highest BCUT2D eigenvalue weighted by Crippen LogP contribution is 2.46. The second-order valence-electron chi connectivity index (χ2n) is 12.6. The summed E-state index contributed by atoms with van der Waals surface area (Å²) in [5, 5.41) is 8.40. The van der Waals surface area contributed by atoms with Crippen LogP contribution >= 0.6 is 0 Å². The van der Waals surface area contributed by atoms with E-state index >= 15 is 0 Å². The molecule has 7 aromatic carbocycles. The minimum Gasteiger partial charge on any atom is -0.308 e. The van der Waals surface area contributed by atoms with Gasteiger partial charge in [0, 0.05) is 43.3 Å². The van der Waals surface area contributed by atoms with Gasteiger partial charge in [0.1, 0.15) is 0 Å². The maximum Gasteiger partial charge on any atom is 0.235 e. The molecule has 48 heavy (non-hydrogen) atoms. The summed E-state index contributed by atoms with van der Waals surface area (Å²) >= 11 is 0. The Hall–Kier alpha value is -6.52. The van der Waals surface area contributed by atoms with Gasteiger partial charge in [-0.15, -0.1) is 0 Å². The second kappa shape index (κ2) is 9.50. The molecule has 0 radical (unpaired) electrons. The van der Waals surface area contributed by atoms with E-state index in [4.69, 9.17) is 9.97 Å². The number of aromatic nitrogens is 4. The van der Waals surface area contributed by atoms with Crippen molar-refractivity contribution in [3.8, 4) is 28.3 Å². The Labute approximate surface area is 275 Å². The predicted molar refractivity (Wildman–Crippen MR) is 199 cm³/mol. The third kappa shape index (κ3) is 3.38. The van der Waals surface area contributed by atoms with Crippen molar-refractivity contribution in [2.45, 2.75) is 0 Å². The average molecular weight is 611 g/mol. The fourth-order valence-corrected chi connectivity index (χ4v) is 8.00. The number of para-hydroxylation sites is 3. The van der Waals surface area contributed by atoms with Crippen LogP contribution in [0.1, 0.15) is 0 Å². The van der Waals surface area contributed by atoms with E-state index in [-0.39, 0.29) is 0 Å². The SMILES string of the molecule is c1ccc(-c2ccc3c4cc5c6ccccc6n(-c6nc(-c7ccccc7)c7ccccc7n6)c5c5c6ccccc6n(c3c2)c45)cc1. The van der Waals surface area contributed by atoms with Crippen LogP contribution in [0.25, 0.3) is 99.1 Å². The smallest absolute Gasteiger partial charge is 0.235 e. The number of fused-ring (bicyclic) bond motifs is 11. The van der Waals surface area contributed by atoms with Gasteiger partial charge in [0.15, 0.2) is 0 Å². The van der Waals surface area contributed by atoms with E-state index in [1.165, 1.54) is 60.0 Å². The molecule has 0 N–H and O–H groups in total. The molecule has 0 saturated heterocycles. The van der Waals surface area contributed by atoms with Crippen LogP contribution in [0.4, 0.5) is 0 Å². The zero-order valence-corrected chi connectivity index (χ0v) is 25.8. The fourth-order valence-electron chi connectivity index (χ4n) is 8.00. The van der Waals surface area contributed by atoms with Gasteiger partial charge < -0.3 is 4.40 Å². The molecule has 0 spiro atoms. The molecule has 11 rings (SSSR count). The van der Waals surface area contributed by atoms with Crippen LogP contribution in [0.15, 0.2) is 158 Å². The summed E-state index contributed by atoms with van der Waals surface area (Å²) in [5.41, 5.74) is 11.2. The summed E-state index contributed by atoms with van der Waals surface area (Å²) < 4.78 is 4.78. The molecule has 0 bridgehead atoms. The zero-order chi connectivity index (χ0) is 31.3. The standard InChI is InChI=1S/C44H26N4/c1-3-13-27(14-4-1)29-23-24-31-35-26-34-30-17-8-11-21-37(30)48(43(34)40-33-19-9-12-22-38(33)47(42(35)40)39(31)25-29)44-45-36-20-10-7-18-32(36)41(46-44)28-15-5-2-6-16-28/h1-26H. The molecule has 0 unspecified atom stereocenters. The van der Waals surface area contributed by atoms with E-state index in [2.05, 4.69) is 161 Å². The Balaban J connectivity index is 1.34. The summed E-state index contributed by atoms with van der Waals surface area (Å²) in [7, 11) is 0. The third-order valence-corrected chi connectivity index (χ3v) is 10.0. The molecule has 222 valence electrons. The molecular formula is C44H26N4. The first kappa shape index (κ1) is 25.6. The Morgan fingerprint density at radius 3 is 1.81 bits per heavy atom. The summed E-state index contributed by atoms with van der Waals surface area (Å²) in [5.74, 6) is 0.674. The van der Waals surface area contributed by atoms with Gasteiger partial charge >= 0.3 is 0 Å². The van der Waals surface area contributed by atoms with Gasteiger partial charge in [-0.25, -0.2) is 9.97 Å². The Morgan fingerprint density at radius 1 is 0.375 bits per heavy atom. The first-order valence-electron chi connectivity index (χ1n) is 16.4. The maximum absolute atomic E-state index is 5.38. The van der Waals surface area contributed by atoms with Crippen molar-refractivity contribution in [2.24, 2.45) is 0 Å². The lowest BCUT2D eigenvalue weighted by Crippen LogP contribution is -2.03. The molecule has 4 aromatic heterocycles. The molecule has 0 aliphatic heterocycles. The molecule has 4 nitrogen and oxygen atoms in total. The minimum atomic E-state index is 0.674. The van der Waals surface area contributed by atoms with E-state index in [9.17, 15) is 0 Å². The monoisotopic (exact) mass is 610 g/mol. The first-order chi connectivity index (χ1) is 23.8. The number of nitrogens with zero attached hydrogens (tertiary/aromatic N) is 4. The summed E-state index contributed by atoms with van der Waals surface area (Å²) in [6, 6.07) is 56.3. The number of rotatable bonds is 3. The quantitative estimate of drug-likeness (QED) is 0.199. The Morgan fingerprint density at radius 2 is 1.00 bits per heavy atom. The van der Waals surface area contributed by atoms with Crippen molar-refractivity contribution in [3.63, 3.8) is 0 Å². The molecule has 4 heterocycles. The van der Waals surface area contributed by atoms with Gasteiger partial charge in [0.25, 0.3) is 0 Å². The van der Waals surface area contributed by atoms with Crippen molar-refractivity contribution in [3.05, 3.63) is 158 Å². The van der Waals surface area contributed by atoms with Crippen molar-refractivity contribution < 1.29 is 0 Å². The van der Waals surface area contributed by atoms with Crippen molar-refractivity contribution in [1.29, 1.82) is 0 Å². The maximum atomic E-state index is 5.38. The molecule has 0 aliphatic rings. The van der Waals surface area contributed by atoms with Crippen molar-refractivity contribution in [2.75, 3.05) is 0 Å². The summed E-state index contributed by atoms with van der Waals surface area (Å²) in [4.78, 5) is 10.6. The molecular weight excluding hydrogens is 585 g/mol. The highest BCUT2D eigenvalue weighted by molar-refractivity contribution is 6.34. The average Bonchev–Trinajstić information content (AvgIpc) is 3.79. The lowest BCUT2D eigenvalue weighted by Gasteiger charge is -2.12. The highest BCUT2D eigenvalue weighted by atomic mass is 15.2. The van der Waals surface area contributed by atoms with Crippen molar-refractivity contribution >= 4 is 70.8 Å². The second-order valence-corrected chi connectivity index (χ2v) is 12.6. The molecule has 11 aromatic rings. The Bertz CT molecular complexity index is 3040. The molecule has 0 saturated carbocycles. The number of hydrogen-bond donors (Lipinski definition) is 0. The molecule has 0 atom stereocenters. The van der Waals surface area contributed by atoms with Crippen LogP contribution in [0, 0.1) is 0 Å². The van der Waals surface area contributed by atoms with Gasteiger partial charge in [-0.1, -0.05) is 127 Å².